The van der Waals surface area contributed by atoms with Gasteiger partial charge in [-0.05, 0) is 81.5 Å². The molecule has 3 bridgehead atoms. The molecule has 7 heteroatoms. The predicted molar refractivity (Wildman–Crippen MR) is 116 cm³/mol. The van der Waals surface area contributed by atoms with Crippen molar-refractivity contribution in [2.45, 2.75) is 88.3 Å². The summed E-state index contributed by atoms with van der Waals surface area (Å²) in [6.07, 6.45) is 6.81. The van der Waals surface area contributed by atoms with Crippen LogP contribution >= 0.6 is 31.4 Å². The van der Waals surface area contributed by atoms with Gasteiger partial charge in [0.05, 0.1) is 22.4 Å². The van der Waals surface area contributed by atoms with Gasteiger partial charge >= 0.3 is 5.97 Å². The number of esters is 1. The highest BCUT2D eigenvalue weighted by molar-refractivity contribution is 9.09. The van der Waals surface area contributed by atoms with Gasteiger partial charge in [-0.15, -0.1) is 0 Å². The molecule has 27 heavy (non-hydrogen) atoms. The fourth-order valence-corrected chi connectivity index (χ4v) is 9.67. The maximum Gasteiger partial charge on any atom is 0.310 e. The first kappa shape index (κ1) is 21.9. The molecule has 2 N–H and O–H groups in total. The van der Waals surface area contributed by atoms with Gasteiger partial charge in [0.15, 0.2) is 0 Å². The number of aliphatic hydroxyl groups is 2. The molecule has 154 valence electrons. The molecule has 0 aromatic carbocycles. The number of allylic oxidation sites excluding steroid dienone is 2. The van der Waals surface area contributed by atoms with E-state index in [0.717, 1.165) is 37.9 Å². The first-order valence-corrected chi connectivity index (χ1v) is 13.6. The largest absolute Gasteiger partial charge is 0.459 e. The number of ether oxygens (including phenoxy) is 1. The van der Waals surface area contributed by atoms with Crippen molar-refractivity contribution in [2.75, 3.05) is 5.75 Å². The second-order valence-electron chi connectivity index (χ2n) is 8.82. The Morgan fingerprint density at radius 2 is 2.04 bits per heavy atom. The Balaban J connectivity index is 1.91. The Labute approximate surface area is 174 Å². The molecule has 3 rings (SSSR count). The van der Waals surface area contributed by atoms with Crippen LogP contribution in [-0.2, 0) is 9.53 Å². The Bertz CT molecular complexity index is 580. The molecule has 2 fully saturated rings. The maximum atomic E-state index is 12.7. The minimum atomic E-state index is -1.00. The van der Waals surface area contributed by atoms with Crippen LogP contribution in [0.1, 0.15) is 65.7 Å². The quantitative estimate of drug-likeness (QED) is 0.325. The van der Waals surface area contributed by atoms with Gasteiger partial charge in [0.2, 0.25) is 0 Å². The highest BCUT2D eigenvalue weighted by Crippen LogP contribution is 2.52. The van der Waals surface area contributed by atoms with Crippen LogP contribution in [0.25, 0.3) is 0 Å². The van der Waals surface area contributed by atoms with Crippen molar-refractivity contribution in [1.82, 2.24) is 0 Å². The van der Waals surface area contributed by atoms with Crippen LogP contribution in [-0.4, -0.2) is 44.5 Å². The number of aliphatic hydroxyl groups excluding tert-OH is 1. The monoisotopic (exact) mass is 432 g/mol. The Hall–Kier alpha value is 0.180. The fourth-order valence-electron chi connectivity index (χ4n) is 4.29. The molecule has 1 aliphatic carbocycles. The zero-order valence-corrected chi connectivity index (χ0v) is 18.9. The zero-order chi connectivity index (χ0) is 19.7. The van der Waals surface area contributed by atoms with Crippen molar-refractivity contribution in [2.24, 2.45) is 11.8 Å². The molecule has 3 aliphatic rings. The van der Waals surface area contributed by atoms with E-state index in [-0.39, 0.29) is 28.7 Å². The minimum absolute atomic E-state index is 0.107. The maximum absolute atomic E-state index is 12.7. The number of hydrogen-bond donors (Lipinski definition) is 2. The van der Waals surface area contributed by atoms with E-state index >= 15 is 0 Å². The highest BCUT2D eigenvalue weighted by Gasteiger charge is 2.47. The first-order valence-electron chi connectivity index (χ1n) is 9.95. The average molecular weight is 433 g/mol. The van der Waals surface area contributed by atoms with Gasteiger partial charge in [0.25, 0.3) is 0 Å². The van der Waals surface area contributed by atoms with Crippen LogP contribution in [0.15, 0.2) is 11.6 Å². The molecule has 6 unspecified atom stereocenters. The number of carbonyl (C=O) groups is 1. The smallest absolute Gasteiger partial charge is 0.310 e. The summed E-state index contributed by atoms with van der Waals surface area (Å²) in [7, 11) is 5.15. The molecular weight excluding hydrogens is 400 g/mol. The minimum Gasteiger partial charge on any atom is -0.459 e. The van der Waals surface area contributed by atoms with Gasteiger partial charge < -0.3 is 14.9 Å². The van der Waals surface area contributed by atoms with Gasteiger partial charge in [-0.1, -0.05) is 33.2 Å². The average Bonchev–Trinajstić information content (AvgIpc) is 2.69. The van der Waals surface area contributed by atoms with Gasteiger partial charge in [-0.25, -0.2) is 0 Å². The summed E-state index contributed by atoms with van der Waals surface area (Å²) >= 11 is 0. The normalized spacial score (nSPS) is 44.5. The third-order valence-electron chi connectivity index (χ3n) is 6.53. The van der Waals surface area contributed by atoms with Crippen LogP contribution in [0, 0.1) is 11.8 Å². The summed E-state index contributed by atoms with van der Waals surface area (Å²) in [5.74, 6) is 0.687. The Morgan fingerprint density at radius 3 is 2.81 bits per heavy atom. The molecule has 0 aromatic rings. The standard InChI is InChI=1S/C20H32O4S3/c1-13-5-4-9-19(2,23)17-11-14-8-10-20(3,16(21)7-6-13)26-27-25-12-15(14)18(22)24-17/h5,14-17,21,23H,4,6-12H2,1-3H3. The lowest BCUT2D eigenvalue weighted by atomic mass is 9.76. The summed E-state index contributed by atoms with van der Waals surface area (Å²) in [5, 5.41) is 22.0. The predicted octanol–water partition coefficient (Wildman–Crippen LogP) is 4.75. The Kier molecular flexibility index (Phi) is 7.21. The molecular formula is C20H32O4S3. The lowest BCUT2D eigenvalue weighted by Gasteiger charge is -2.42. The number of fused-ring (bicyclic) bond motifs is 3. The lowest BCUT2D eigenvalue weighted by molar-refractivity contribution is -0.184. The molecule has 6 atom stereocenters. The van der Waals surface area contributed by atoms with E-state index in [2.05, 4.69) is 19.9 Å². The lowest BCUT2D eigenvalue weighted by Crippen LogP contribution is -2.50. The molecule has 0 spiro atoms. The van der Waals surface area contributed by atoms with Crippen LogP contribution in [0.2, 0.25) is 0 Å². The van der Waals surface area contributed by atoms with Crippen LogP contribution < -0.4 is 0 Å². The second-order valence-corrected chi connectivity index (χ2v) is 13.5. The van der Waals surface area contributed by atoms with Crippen molar-refractivity contribution in [3.63, 3.8) is 0 Å². The number of rotatable bonds is 0. The van der Waals surface area contributed by atoms with Gasteiger partial charge in [0, 0.05) is 5.75 Å². The van der Waals surface area contributed by atoms with Crippen molar-refractivity contribution in [3.8, 4) is 0 Å². The molecule has 2 saturated heterocycles. The zero-order valence-electron chi connectivity index (χ0n) is 16.5. The van der Waals surface area contributed by atoms with Gasteiger partial charge in [-0.3, -0.25) is 4.79 Å². The van der Waals surface area contributed by atoms with Gasteiger partial charge in [0.1, 0.15) is 6.10 Å². The molecule has 0 saturated carbocycles. The van der Waals surface area contributed by atoms with E-state index in [1.165, 1.54) is 5.57 Å². The summed E-state index contributed by atoms with van der Waals surface area (Å²) in [6.45, 7) is 6.07. The first-order chi connectivity index (χ1) is 12.7. The van der Waals surface area contributed by atoms with Crippen molar-refractivity contribution >= 4 is 37.4 Å². The van der Waals surface area contributed by atoms with E-state index in [4.69, 9.17) is 4.74 Å². The third-order valence-corrected chi connectivity index (χ3v) is 11.6. The van der Waals surface area contributed by atoms with E-state index in [0.29, 0.717) is 12.8 Å². The van der Waals surface area contributed by atoms with Crippen molar-refractivity contribution in [3.05, 3.63) is 11.6 Å². The van der Waals surface area contributed by atoms with E-state index in [1.54, 1.807) is 31.4 Å². The summed E-state index contributed by atoms with van der Waals surface area (Å²) in [4.78, 5) is 12.7. The summed E-state index contributed by atoms with van der Waals surface area (Å²) in [6, 6.07) is 0. The molecule has 0 amide bonds. The summed E-state index contributed by atoms with van der Waals surface area (Å²) < 4.78 is 5.51. The molecule has 0 aromatic heterocycles. The summed E-state index contributed by atoms with van der Waals surface area (Å²) in [5.41, 5.74) is 0.249. The van der Waals surface area contributed by atoms with E-state index in [1.807, 2.05) is 6.92 Å². The number of carbonyl (C=O) groups excluding carboxylic acids is 1. The third kappa shape index (κ3) is 5.21. The van der Waals surface area contributed by atoms with Crippen molar-refractivity contribution < 1.29 is 19.7 Å². The fraction of sp³-hybridized carbons (Fsp3) is 0.850. The molecule has 2 heterocycles. The SMILES string of the molecule is CC1=CCCC(C)(O)C2CC3CCC(C)(SSSCC3C(=O)O2)C(O)CC1. The van der Waals surface area contributed by atoms with Crippen molar-refractivity contribution in [1.29, 1.82) is 0 Å². The molecule has 0 radical (unpaired) electrons. The van der Waals surface area contributed by atoms with E-state index in [9.17, 15) is 15.0 Å². The number of hydrogen-bond acceptors (Lipinski definition) is 7. The Morgan fingerprint density at radius 1 is 1.26 bits per heavy atom. The van der Waals surface area contributed by atoms with Crippen LogP contribution in [0.5, 0.6) is 0 Å². The van der Waals surface area contributed by atoms with Crippen LogP contribution in [0.4, 0.5) is 0 Å². The molecule has 4 nitrogen and oxygen atoms in total. The topological polar surface area (TPSA) is 66.8 Å². The van der Waals surface area contributed by atoms with Gasteiger partial charge in [-0.2, -0.15) is 0 Å². The van der Waals surface area contributed by atoms with E-state index < -0.39 is 11.7 Å². The van der Waals surface area contributed by atoms with Crippen LogP contribution in [0.3, 0.4) is 0 Å². The molecule has 2 aliphatic heterocycles. The second kappa shape index (κ2) is 8.90. The highest BCUT2D eigenvalue weighted by atomic mass is 33.5.